The van der Waals surface area contributed by atoms with Gasteiger partial charge in [-0.3, -0.25) is 9.69 Å². The summed E-state index contributed by atoms with van der Waals surface area (Å²) >= 11 is 6.12. The second kappa shape index (κ2) is 6.30. The Kier molecular flexibility index (Phi) is 4.21. The molecule has 0 aliphatic carbocycles. The highest BCUT2D eigenvalue weighted by atomic mass is 35.5. The zero-order chi connectivity index (χ0) is 16.4. The molecule has 0 unspecified atom stereocenters. The number of aryl methyl sites for hydroxylation is 1. The van der Waals surface area contributed by atoms with Crippen LogP contribution in [0.3, 0.4) is 0 Å². The van der Waals surface area contributed by atoms with Crippen molar-refractivity contribution >= 4 is 34.9 Å². The van der Waals surface area contributed by atoms with Crippen LogP contribution in [-0.2, 0) is 0 Å². The van der Waals surface area contributed by atoms with Crippen molar-refractivity contribution in [1.29, 1.82) is 0 Å². The number of anilines is 2. The number of carbonyl (C=O) groups is 2. The van der Waals surface area contributed by atoms with Gasteiger partial charge in [-0.1, -0.05) is 17.7 Å². The lowest BCUT2D eigenvalue weighted by atomic mass is 10.1. The van der Waals surface area contributed by atoms with E-state index in [0.29, 0.717) is 29.4 Å². The quantitative estimate of drug-likeness (QED) is 0.906. The highest BCUT2D eigenvalue weighted by molar-refractivity contribution is 6.34. The topological polar surface area (TPSA) is 61.4 Å². The summed E-state index contributed by atoms with van der Waals surface area (Å²) in [5.74, 6) is -0.242. The summed E-state index contributed by atoms with van der Waals surface area (Å²) in [6.45, 7) is 3.20. The molecule has 1 aliphatic heterocycles. The average molecular weight is 330 g/mol. The van der Waals surface area contributed by atoms with Gasteiger partial charge < -0.3 is 10.6 Å². The van der Waals surface area contributed by atoms with Crippen molar-refractivity contribution in [1.82, 2.24) is 5.32 Å². The molecular weight excluding hydrogens is 314 g/mol. The Labute approximate surface area is 139 Å². The summed E-state index contributed by atoms with van der Waals surface area (Å²) in [4.78, 5) is 25.5. The predicted molar refractivity (Wildman–Crippen MR) is 91.3 cm³/mol. The number of hydrogen-bond donors (Lipinski definition) is 2. The number of hydrogen-bond acceptors (Lipinski definition) is 2. The minimum atomic E-state index is -0.242. The Hall–Kier alpha value is -2.53. The molecule has 1 saturated heterocycles. The van der Waals surface area contributed by atoms with Crippen LogP contribution in [0, 0.1) is 6.92 Å². The fraction of sp³-hybridized carbons (Fsp3) is 0.176. The van der Waals surface area contributed by atoms with E-state index in [9.17, 15) is 9.59 Å². The Morgan fingerprint density at radius 1 is 1.22 bits per heavy atom. The lowest BCUT2D eigenvalue weighted by Crippen LogP contribution is -2.27. The van der Waals surface area contributed by atoms with Crippen LogP contribution in [0.2, 0.25) is 5.02 Å². The van der Waals surface area contributed by atoms with E-state index < -0.39 is 0 Å². The third-order valence-corrected chi connectivity index (χ3v) is 3.98. The minimum Gasteiger partial charge on any atom is -0.336 e. The lowest BCUT2D eigenvalue weighted by Gasteiger charge is -2.14. The highest BCUT2D eigenvalue weighted by Crippen LogP contribution is 2.24. The van der Waals surface area contributed by atoms with Gasteiger partial charge in [-0.05, 0) is 48.9 Å². The van der Waals surface area contributed by atoms with Gasteiger partial charge in [0.25, 0.3) is 5.91 Å². The first-order valence-corrected chi connectivity index (χ1v) is 7.65. The summed E-state index contributed by atoms with van der Waals surface area (Å²) < 4.78 is 0. The monoisotopic (exact) mass is 329 g/mol. The van der Waals surface area contributed by atoms with Crippen LogP contribution < -0.4 is 15.5 Å². The molecule has 1 heterocycles. The normalized spacial score (nSPS) is 13.8. The smallest absolute Gasteiger partial charge is 0.321 e. The molecule has 3 amide bonds. The van der Waals surface area contributed by atoms with Crippen LogP contribution in [0.4, 0.5) is 16.2 Å². The van der Waals surface area contributed by atoms with Crippen molar-refractivity contribution in [2.24, 2.45) is 0 Å². The highest BCUT2D eigenvalue weighted by Gasteiger charge is 2.21. The summed E-state index contributed by atoms with van der Waals surface area (Å²) in [6, 6.07) is 12.2. The number of halogens is 1. The van der Waals surface area contributed by atoms with Crippen LogP contribution in [-0.4, -0.2) is 25.0 Å². The number of rotatable bonds is 3. The minimum absolute atomic E-state index is 0.117. The van der Waals surface area contributed by atoms with Crippen molar-refractivity contribution < 1.29 is 9.59 Å². The molecule has 2 aromatic carbocycles. The molecule has 23 heavy (non-hydrogen) atoms. The second-order valence-corrected chi connectivity index (χ2v) is 5.78. The maximum absolute atomic E-state index is 12.3. The molecular formula is C17H16ClN3O2. The molecule has 2 N–H and O–H groups in total. The van der Waals surface area contributed by atoms with Crippen LogP contribution >= 0.6 is 11.6 Å². The van der Waals surface area contributed by atoms with Crippen molar-refractivity contribution in [3.8, 4) is 0 Å². The van der Waals surface area contributed by atoms with Crippen LogP contribution in [0.5, 0.6) is 0 Å². The van der Waals surface area contributed by atoms with E-state index in [1.807, 2.05) is 13.0 Å². The molecule has 0 saturated carbocycles. The van der Waals surface area contributed by atoms with E-state index in [4.69, 9.17) is 11.6 Å². The van der Waals surface area contributed by atoms with E-state index >= 15 is 0 Å². The SMILES string of the molecule is Cc1ccc(NC(=O)c2ccc(N3CCNC3=O)cc2)c(Cl)c1. The molecule has 5 nitrogen and oxygen atoms in total. The van der Waals surface area contributed by atoms with Gasteiger partial charge >= 0.3 is 6.03 Å². The molecule has 3 rings (SSSR count). The molecule has 1 fully saturated rings. The fourth-order valence-corrected chi connectivity index (χ4v) is 2.71. The Morgan fingerprint density at radius 3 is 2.57 bits per heavy atom. The number of urea groups is 1. The van der Waals surface area contributed by atoms with Crippen molar-refractivity contribution in [2.45, 2.75) is 6.92 Å². The molecule has 0 aromatic heterocycles. The van der Waals surface area contributed by atoms with E-state index in [1.165, 1.54) is 0 Å². The van der Waals surface area contributed by atoms with Crippen molar-refractivity contribution in [2.75, 3.05) is 23.3 Å². The van der Waals surface area contributed by atoms with Gasteiger partial charge in [0.05, 0.1) is 10.7 Å². The molecule has 2 aromatic rings. The molecule has 6 heteroatoms. The molecule has 0 bridgehead atoms. The van der Waals surface area contributed by atoms with Gasteiger partial charge in [0.2, 0.25) is 0 Å². The zero-order valence-electron chi connectivity index (χ0n) is 12.6. The fourth-order valence-electron chi connectivity index (χ4n) is 2.43. The zero-order valence-corrected chi connectivity index (χ0v) is 13.4. The summed E-state index contributed by atoms with van der Waals surface area (Å²) in [5, 5.41) is 6.03. The number of benzene rings is 2. The second-order valence-electron chi connectivity index (χ2n) is 5.37. The van der Waals surface area contributed by atoms with Gasteiger partial charge in [0, 0.05) is 24.3 Å². The summed E-state index contributed by atoms with van der Waals surface area (Å²) in [6.07, 6.45) is 0. The van der Waals surface area contributed by atoms with Gasteiger partial charge in [0.1, 0.15) is 0 Å². The maximum Gasteiger partial charge on any atom is 0.321 e. The number of nitrogens with one attached hydrogen (secondary N) is 2. The van der Waals surface area contributed by atoms with E-state index in [1.54, 1.807) is 41.3 Å². The first kappa shape index (κ1) is 15.4. The molecule has 118 valence electrons. The lowest BCUT2D eigenvalue weighted by molar-refractivity contribution is 0.102. The third-order valence-electron chi connectivity index (χ3n) is 3.67. The third kappa shape index (κ3) is 3.29. The van der Waals surface area contributed by atoms with Crippen molar-refractivity contribution in [3.63, 3.8) is 0 Å². The van der Waals surface area contributed by atoms with Crippen LogP contribution in [0.15, 0.2) is 42.5 Å². The predicted octanol–water partition coefficient (Wildman–Crippen LogP) is 3.43. The Morgan fingerprint density at radius 2 is 1.96 bits per heavy atom. The summed E-state index contributed by atoms with van der Waals surface area (Å²) in [7, 11) is 0. The molecule has 1 aliphatic rings. The van der Waals surface area contributed by atoms with Crippen LogP contribution in [0.25, 0.3) is 0 Å². The first-order valence-electron chi connectivity index (χ1n) is 7.27. The van der Waals surface area contributed by atoms with Gasteiger partial charge in [0.15, 0.2) is 0 Å². The van der Waals surface area contributed by atoms with E-state index in [2.05, 4.69) is 10.6 Å². The Bertz CT molecular complexity index is 759. The Balaban J connectivity index is 1.74. The largest absolute Gasteiger partial charge is 0.336 e. The van der Waals surface area contributed by atoms with E-state index in [-0.39, 0.29) is 11.9 Å². The van der Waals surface area contributed by atoms with Crippen LogP contribution in [0.1, 0.15) is 15.9 Å². The number of carbonyl (C=O) groups excluding carboxylic acids is 2. The van der Waals surface area contributed by atoms with E-state index in [0.717, 1.165) is 11.3 Å². The van der Waals surface area contributed by atoms with Gasteiger partial charge in [-0.15, -0.1) is 0 Å². The van der Waals surface area contributed by atoms with Crippen molar-refractivity contribution in [3.05, 3.63) is 58.6 Å². The van der Waals surface area contributed by atoms with Gasteiger partial charge in [-0.2, -0.15) is 0 Å². The number of nitrogens with zero attached hydrogens (tertiary/aromatic N) is 1. The molecule has 0 atom stereocenters. The standard InChI is InChI=1S/C17H16ClN3O2/c1-11-2-7-15(14(18)10-11)20-16(22)12-3-5-13(6-4-12)21-9-8-19-17(21)23/h2-7,10H,8-9H2,1H3,(H,19,23)(H,20,22). The number of amides is 3. The maximum atomic E-state index is 12.3. The average Bonchev–Trinajstić information content (AvgIpc) is 2.96. The van der Waals surface area contributed by atoms with Gasteiger partial charge in [-0.25, -0.2) is 4.79 Å². The molecule has 0 radical (unpaired) electrons. The first-order chi connectivity index (χ1) is 11.0. The molecule has 0 spiro atoms. The summed E-state index contributed by atoms with van der Waals surface area (Å²) in [5.41, 5.74) is 2.88.